The SMILES string of the molecule is O=C(CC(Cc1ccccc1)C(=O)O)NC(C(=O)Nc1ccccc1)c1ccccc1. The molecule has 0 saturated carbocycles. The molecule has 6 heteroatoms. The molecule has 2 amide bonds. The van der Waals surface area contributed by atoms with Gasteiger partial charge in [-0.15, -0.1) is 0 Å². The molecule has 6 nitrogen and oxygen atoms in total. The van der Waals surface area contributed by atoms with Crippen molar-refractivity contribution in [1.29, 1.82) is 0 Å². The molecule has 2 atom stereocenters. The van der Waals surface area contributed by atoms with Gasteiger partial charge in [0.1, 0.15) is 6.04 Å². The van der Waals surface area contributed by atoms with Crippen LogP contribution in [-0.4, -0.2) is 22.9 Å². The zero-order chi connectivity index (χ0) is 22.1. The average molecular weight is 416 g/mol. The van der Waals surface area contributed by atoms with Crippen LogP contribution in [0.5, 0.6) is 0 Å². The molecule has 3 aromatic carbocycles. The van der Waals surface area contributed by atoms with Crippen LogP contribution in [-0.2, 0) is 20.8 Å². The third kappa shape index (κ3) is 6.54. The Morgan fingerprint density at radius 3 is 1.90 bits per heavy atom. The second kappa shape index (κ2) is 10.7. The van der Waals surface area contributed by atoms with E-state index in [1.54, 1.807) is 48.5 Å². The van der Waals surface area contributed by atoms with Crippen molar-refractivity contribution in [3.8, 4) is 0 Å². The molecule has 0 aliphatic heterocycles. The number of rotatable bonds is 9. The van der Waals surface area contributed by atoms with Crippen molar-refractivity contribution in [3.05, 3.63) is 102 Å². The maximum Gasteiger partial charge on any atom is 0.307 e. The standard InChI is InChI=1S/C25H24N2O4/c28-22(17-20(25(30)31)16-18-10-4-1-5-11-18)27-23(19-12-6-2-7-13-19)24(29)26-21-14-8-3-9-15-21/h1-15,20,23H,16-17H2,(H,26,29)(H,27,28)(H,30,31). The summed E-state index contributed by atoms with van der Waals surface area (Å²) in [5, 5.41) is 15.1. The third-order valence-electron chi connectivity index (χ3n) is 4.85. The molecule has 0 aliphatic rings. The fourth-order valence-corrected chi connectivity index (χ4v) is 3.27. The first kappa shape index (κ1) is 21.8. The lowest BCUT2D eigenvalue weighted by atomic mass is 9.95. The summed E-state index contributed by atoms with van der Waals surface area (Å²) < 4.78 is 0. The van der Waals surface area contributed by atoms with E-state index in [0.29, 0.717) is 11.3 Å². The van der Waals surface area contributed by atoms with Crippen molar-refractivity contribution in [2.45, 2.75) is 18.9 Å². The van der Waals surface area contributed by atoms with Gasteiger partial charge in [0.05, 0.1) is 5.92 Å². The summed E-state index contributed by atoms with van der Waals surface area (Å²) in [4.78, 5) is 37.4. The number of carboxylic acids is 1. The van der Waals surface area contributed by atoms with Crippen molar-refractivity contribution in [3.63, 3.8) is 0 Å². The molecular weight excluding hydrogens is 392 g/mol. The molecule has 158 valence electrons. The first-order valence-electron chi connectivity index (χ1n) is 10.00. The van der Waals surface area contributed by atoms with Crippen molar-refractivity contribution in [1.82, 2.24) is 5.32 Å². The summed E-state index contributed by atoms with van der Waals surface area (Å²) in [6.07, 6.45) is 0.00197. The van der Waals surface area contributed by atoms with Crippen LogP contribution in [0.3, 0.4) is 0 Å². The Hall–Kier alpha value is -3.93. The van der Waals surface area contributed by atoms with E-state index in [4.69, 9.17) is 0 Å². The number of nitrogens with one attached hydrogen (secondary N) is 2. The molecule has 0 spiro atoms. The fraction of sp³-hybridized carbons (Fsp3) is 0.160. The Labute approximate surface area is 180 Å². The second-order valence-corrected chi connectivity index (χ2v) is 7.20. The summed E-state index contributed by atoms with van der Waals surface area (Å²) in [5.74, 6) is -2.85. The van der Waals surface area contributed by atoms with Crippen LogP contribution in [0, 0.1) is 5.92 Å². The van der Waals surface area contributed by atoms with E-state index < -0.39 is 29.7 Å². The van der Waals surface area contributed by atoms with Gasteiger partial charge in [0.25, 0.3) is 5.91 Å². The number of amides is 2. The predicted octanol–water partition coefficient (Wildman–Crippen LogP) is 3.82. The van der Waals surface area contributed by atoms with E-state index >= 15 is 0 Å². The van der Waals surface area contributed by atoms with Gasteiger partial charge in [-0.3, -0.25) is 14.4 Å². The molecule has 31 heavy (non-hydrogen) atoms. The van der Waals surface area contributed by atoms with Crippen LogP contribution in [0.15, 0.2) is 91.0 Å². The second-order valence-electron chi connectivity index (χ2n) is 7.20. The molecule has 0 bridgehead atoms. The Morgan fingerprint density at radius 2 is 1.32 bits per heavy atom. The van der Waals surface area contributed by atoms with Crippen LogP contribution >= 0.6 is 0 Å². The lowest BCUT2D eigenvalue weighted by Crippen LogP contribution is -2.38. The number of benzene rings is 3. The highest BCUT2D eigenvalue weighted by Gasteiger charge is 2.27. The Balaban J connectivity index is 1.72. The quantitative estimate of drug-likeness (QED) is 0.494. The number of aliphatic carboxylic acids is 1. The molecule has 0 saturated heterocycles. The molecule has 3 rings (SSSR count). The van der Waals surface area contributed by atoms with Gasteiger partial charge >= 0.3 is 5.97 Å². The summed E-state index contributed by atoms with van der Waals surface area (Å²) >= 11 is 0. The number of carbonyl (C=O) groups excluding carboxylic acids is 2. The highest BCUT2D eigenvalue weighted by Crippen LogP contribution is 2.18. The highest BCUT2D eigenvalue weighted by atomic mass is 16.4. The van der Waals surface area contributed by atoms with Gasteiger partial charge < -0.3 is 15.7 Å². The zero-order valence-electron chi connectivity index (χ0n) is 16.9. The zero-order valence-corrected chi connectivity index (χ0v) is 16.9. The first-order valence-corrected chi connectivity index (χ1v) is 10.00. The monoisotopic (exact) mass is 416 g/mol. The average Bonchev–Trinajstić information content (AvgIpc) is 2.79. The number of anilines is 1. The summed E-state index contributed by atoms with van der Waals surface area (Å²) in [6.45, 7) is 0. The van der Waals surface area contributed by atoms with E-state index in [2.05, 4.69) is 10.6 Å². The number of hydrogen-bond donors (Lipinski definition) is 3. The Bertz CT molecular complexity index is 1010. The third-order valence-corrected chi connectivity index (χ3v) is 4.85. The van der Waals surface area contributed by atoms with Gasteiger partial charge in [-0.1, -0.05) is 78.9 Å². The van der Waals surface area contributed by atoms with Gasteiger partial charge in [0.2, 0.25) is 5.91 Å². The first-order chi connectivity index (χ1) is 15.0. The summed E-state index contributed by atoms with van der Waals surface area (Å²) in [5.41, 5.74) is 2.05. The van der Waals surface area contributed by atoms with E-state index in [0.717, 1.165) is 5.56 Å². The van der Waals surface area contributed by atoms with Gasteiger partial charge in [0.15, 0.2) is 0 Å². The molecule has 2 unspecified atom stereocenters. The largest absolute Gasteiger partial charge is 0.481 e. The smallest absolute Gasteiger partial charge is 0.307 e. The minimum Gasteiger partial charge on any atom is -0.481 e. The lowest BCUT2D eigenvalue weighted by molar-refractivity contribution is -0.144. The molecule has 0 fully saturated rings. The number of carbonyl (C=O) groups is 3. The van der Waals surface area contributed by atoms with Gasteiger partial charge in [0, 0.05) is 12.1 Å². The van der Waals surface area contributed by atoms with Crippen LogP contribution in [0.25, 0.3) is 0 Å². The predicted molar refractivity (Wildman–Crippen MR) is 118 cm³/mol. The highest BCUT2D eigenvalue weighted by molar-refractivity contribution is 5.98. The fourth-order valence-electron chi connectivity index (χ4n) is 3.27. The summed E-state index contributed by atoms with van der Waals surface area (Å²) in [6, 6.07) is 26.0. The van der Waals surface area contributed by atoms with Crippen molar-refractivity contribution < 1.29 is 19.5 Å². The number of hydrogen-bond acceptors (Lipinski definition) is 3. The maximum atomic E-state index is 12.9. The van der Waals surface area contributed by atoms with Crippen LogP contribution in [0.2, 0.25) is 0 Å². The van der Waals surface area contributed by atoms with E-state index in [1.807, 2.05) is 42.5 Å². The van der Waals surface area contributed by atoms with Crippen LogP contribution in [0.1, 0.15) is 23.6 Å². The van der Waals surface area contributed by atoms with Crippen LogP contribution < -0.4 is 10.6 Å². The maximum absolute atomic E-state index is 12.9. The minimum atomic E-state index is -1.05. The molecule has 3 aromatic rings. The Morgan fingerprint density at radius 1 is 0.774 bits per heavy atom. The van der Waals surface area contributed by atoms with Gasteiger partial charge in [-0.2, -0.15) is 0 Å². The molecular formula is C25H24N2O4. The lowest BCUT2D eigenvalue weighted by Gasteiger charge is -2.20. The van der Waals surface area contributed by atoms with Gasteiger partial charge in [-0.05, 0) is 29.7 Å². The minimum absolute atomic E-state index is 0.230. The van der Waals surface area contributed by atoms with Crippen LogP contribution in [0.4, 0.5) is 5.69 Å². The van der Waals surface area contributed by atoms with Crippen molar-refractivity contribution in [2.24, 2.45) is 5.92 Å². The van der Waals surface area contributed by atoms with E-state index in [1.165, 1.54) is 0 Å². The summed E-state index contributed by atoms with van der Waals surface area (Å²) in [7, 11) is 0. The van der Waals surface area contributed by atoms with Gasteiger partial charge in [-0.25, -0.2) is 0 Å². The van der Waals surface area contributed by atoms with E-state index in [9.17, 15) is 19.5 Å². The normalized spacial score (nSPS) is 12.4. The molecule has 0 heterocycles. The molecule has 3 N–H and O–H groups in total. The molecule has 0 aromatic heterocycles. The van der Waals surface area contributed by atoms with Crippen molar-refractivity contribution >= 4 is 23.5 Å². The Kier molecular flexibility index (Phi) is 7.54. The molecule has 0 aliphatic carbocycles. The van der Waals surface area contributed by atoms with E-state index in [-0.39, 0.29) is 12.8 Å². The number of carboxylic acid groups (broad SMARTS) is 1. The topological polar surface area (TPSA) is 95.5 Å². The van der Waals surface area contributed by atoms with Crippen molar-refractivity contribution in [2.75, 3.05) is 5.32 Å². The number of para-hydroxylation sites is 1. The molecule has 0 radical (unpaired) electrons.